The molecule has 10 heteroatoms. The van der Waals surface area contributed by atoms with Gasteiger partial charge in [-0.3, -0.25) is 9.36 Å². The number of nitrogens with one attached hydrogen (secondary N) is 1. The van der Waals surface area contributed by atoms with Crippen LogP contribution in [-0.4, -0.2) is 39.8 Å². The van der Waals surface area contributed by atoms with E-state index < -0.39 is 23.3 Å². The number of carbonyl (C=O) groups is 1. The number of anilines is 3. The number of nitrogens with zero attached hydrogens (tertiary/aromatic N) is 4. The smallest absolute Gasteiger partial charge is 0.354 e. The van der Waals surface area contributed by atoms with E-state index in [4.69, 9.17) is 16.3 Å². The second kappa shape index (κ2) is 11.9. The quantitative estimate of drug-likeness (QED) is 0.410. The fourth-order valence-electron chi connectivity index (χ4n) is 3.96. The van der Waals surface area contributed by atoms with Crippen LogP contribution in [0.4, 0.5) is 17.3 Å². The highest BCUT2D eigenvalue weighted by molar-refractivity contribution is 6.30. The van der Waals surface area contributed by atoms with E-state index in [1.165, 1.54) is 11.7 Å². The van der Waals surface area contributed by atoms with Crippen molar-refractivity contribution in [3.63, 3.8) is 0 Å². The first kappa shape index (κ1) is 27.0. The van der Waals surface area contributed by atoms with Crippen molar-refractivity contribution in [3.8, 4) is 0 Å². The second-order valence-corrected chi connectivity index (χ2v) is 9.24. The minimum absolute atomic E-state index is 0.103. The maximum Gasteiger partial charge on any atom is 0.354 e. The van der Waals surface area contributed by atoms with Crippen molar-refractivity contribution in [2.45, 2.75) is 46.8 Å². The summed E-state index contributed by atoms with van der Waals surface area (Å²) in [6.07, 6.45) is 0. The number of ether oxygens (including phenoxy) is 1. The van der Waals surface area contributed by atoms with Crippen molar-refractivity contribution in [2.75, 3.05) is 23.9 Å². The molecule has 1 atom stereocenters. The molecule has 0 saturated carbocycles. The highest BCUT2D eigenvalue weighted by atomic mass is 35.5. The molecule has 0 aliphatic carbocycles. The SMILES string of the molecule is CCN(c1ccc(Nc2nc(=O)n(C[C@H](C)C(=O)OC)c(=O)n2Cc2ccc(Cl)cc2)cc1)C(C)C. The van der Waals surface area contributed by atoms with Crippen LogP contribution in [0.1, 0.15) is 33.3 Å². The van der Waals surface area contributed by atoms with Gasteiger partial charge in [0, 0.05) is 35.5 Å². The number of esters is 1. The molecule has 3 rings (SSSR count). The zero-order chi connectivity index (χ0) is 26.4. The van der Waals surface area contributed by atoms with Crippen LogP contribution in [0.2, 0.25) is 5.02 Å². The van der Waals surface area contributed by atoms with Gasteiger partial charge < -0.3 is 15.0 Å². The lowest BCUT2D eigenvalue weighted by molar-refractivity contribution is -0.145. The molecule has 9 nitrogen and oxygen atoms in total. The Hall–Kier alpha value is -3.59. The number of carbonyl (C=O) groups excluding carboxylic acids is 1. The van der Waals surface area contributed by atoms with Gasteiger partial charge in [-0.15, -0.1) is 0 Å². The molecule has 36 heavy (non-hydrogen) atoms. The maximum absolute atomic E-state index is 13.4. The van der Waals surface area contributed by atoms with Gasteiger partial charge in [-0.25, -0.2) is 14.2 Å². The van der Waals surface area contributed by atoms with Gasteiger partial charge in [0.2, 0.25) is 5.95 Å². The lowest BCUT2D eigenvalue weighted by Gasteiger charge is -2.27. The van der Waals surface area contributed by atoms with E-state index in [9.17, 15) is 14.4 Å². The molecule has 1 aromatic heterocycles. The molecule has 3 aromatic rings. The summed E-state index contributed by atoms with van der Waals surface area (Å²) in [5, 5.41) is 3.69. The number of hydrogen-bond acceptors (Lipinski definition) is 7. The monoisotopic (exact) mass is 513 g/mol. The number of halogens is 1. The van der Waals surface area contributed by atoms with Crippen molar-refractivity contribution in [1.29, 1.82) is 0 Å². The van der Waals surface area contributed by atoms with Crippen molar-refractivity contribution in [2.24, 2.45) is 5.92 Å². The van der Waals surface area contributed by atoms with Crippen LogP contribution in [-0.2, 0) is 22.6 Å². The van der Waals surface area contributed by atoms with Gasteiger partial charge in [-0.05, 0) is 62.7 Å². The van der Waals surface area contributed by atoms with E-state index in [-0.39, 0.29) is 19.0 Å². The maximum atomic E-state index is 13.4. The molecule has 192 valence electrons. The Labute approximate surface area is 215 Å². The summed E-state index contributed by atoms with van der Waals surface area (Å²) >= 11 is 6.01. The first-order chi connectivity index (χ1) is 17.1. The number of aromatic nitrogens is 3. The lowest BCUT2D eigenvalue weighted by atomic mass is 10.2. The van der Waals surface area contributed by atoms with E-state index in [1.54, 1.807) is 31.2 Å². The van der Waals surface area contributed by atoms with E-state index in [0.29, 0.717) is 16.8 Å². The highest BCUT2D eigenvalue weighted by Crippen LogP contribution is 2.22. The van der Waals surface area contributed by atoms with Gasteiger partial charge in [0.1, 0.15) is 0 Å². The summed E-state index contributed by atoms with van der Waals surface area (Å²) in [5.74, 6) is -1.11. The molecule has 1 N–H and O–H groups in total. The zero-order valence-electron chi connectivity index (χ0n) is 21.2. The first-order valence-corrected chi connectivity index (χ1v) is 12.2. The summed E-state index contributed by atoms with van der Waals surface area (Å²) in [6, 6.07) is 15.1. The molecule has 1 heterocycles. The predicted octanol–water partition coefficient (Wildman–Crippen LogP) is 3.89. The van der Waals surface area contributed by atoms with Crippen LogP contribution >= 0.6 is 11.6 Å². The van der Waals surface area contributed by atoms with Crippen molar-refractivity contribution in [1.82, 2.24) is 14.1 Å². The normalized spacial score (nSPS) is 11.9. The largest absolute Gasteiger partial charge is 0.469 e. The Morgan fingerprint density at radius 3 is 2.25 bits per heavy atom. The molecule has 2 aromatic carbocycles. The van der Waals surface area contributed by atoms with Crippen molar-refractivity contribution in [3.05, 3.63) is 80.1 Å². The molecule has 0 spiro atoms. The van der Waals surface area contributed by atoms with Crippen LogP contribution in [0.3, 0.4) is 0 Å². The Morgan fingerprint density at radius 2 is 1.69 bits per heavy atom. The van der Waals surface area contributed by atoms with Crippen molar-refractivity contribution >= 4 is 34.9 Å². The molecule has 0 fully saturated rings. The van der Waals surface area contributed by atoms with Gasteiger partial charge in [0.15, 0.2) is 0 Å². The van der Waals surface area contributed by atoms with Gasteiger partial charge in [0.25, 0.3) is 0 Å². The summed E-state index contributed by atoms with van der Waals surface area (Å²) < 4.78 is 7.06. The fourth-order valence-corrected chi connectivity index (χ4v) is 4.08. The third kappa shape index (κ3) is 6.34. The van der Waals surface area contributed by atoms with Crippen LogP contribution in [0.5, 0.6) is 0 Å². The Kier molecular flexibility index (Phi) is 8.93. The van der Waals surface area contributed by atoms with E-state index in [1.807, 2.05) is 24.3 Å². The molecule has 0 saturated heterocycles. The molecule has 0 bridgehead atoms. The molecule has 0 amide bonds. The topological polar surface area (TPSA) is 98.5 Å². The predicted molar refractivity (Wildman–Crippen MR) is 142 cm³/mol. The average molecular weight is 514 g/mol. The van der Waals surface area contributed by atoms with Crippen LogP contribution in [0.15, 0.2) is 58.1 Å². The molecule has 0 unspecified atom stereocenters. The van der Waals surface area contributed by atoms with Crippen molar-refractivity contribution < 1.29 is 9.53 Å². The van der Waals surface area contributed by atoms with E-state index in [0.717, 1.165) is 22.4 Å². The minimum atomic E-state index is -0.751. The zero-order valence-corrected chi connectivity index (χ0v) is 22.0. The average Bonchev–Trinajstić information content (AvgIpc) is 2.85. The molecular formula is C26H32ClN5O4. The summed E-state index contributed by atoms with van der Waals surface area (Å²) in [4.78, 5) is 44.6. The Morgan fingerprint density at radius 1 is 1.06 bits per heavy atom. The molecular weight excluding hydrogens is 482 g/mol. The van der Waals surface area contributed by atoms with Crippen LogP contribution in [0.25, 0.3) is 0 Å². The standard InChI is InChI=1S/C26H32ClN5O4/c1-6-30(17(2)3)22-13-11-21(12-14-22)28-24-29-25(34)32(15-18(4)23(33)36-5)26(35)31(24)16-19-7-9-20(27)10-8-19/h7-14,17-18H,6,15-16H2,1-5H3,(H,28,29,34)/t18-/m0/s1. The second-order valence-electron chi connectivity index (χ2n) is 8.80. The summed E-state index contributed by atoms with van der Waals surface area (Å²) in [6.45, 7) is 8.82. The summed E-state index contributed by atoms with van der Waals surface area (Å²) in [7, 11) is 1.26. The van der Waals surface area contributed by atoms with Crippen LogP contribution < -0.4 is 21.6 Å². The molecule has 0 aliphatic heterocycles. The van der Waals surface area contributed by atoms with Gasteiger partial charge >= 0.3 is 17.3 Å². The summed E-state index contributed by atoms with van der Waals surface area (Å²) in [5.41, 5.74) is 1.20. The highest BCUT2D eigenvalue weighted by Gasteiger charge is 2.20. The molecule has 0 radical (unpaired) electrons. The minimum Gasteiger partial charge on any atom is -0.469 e. The molecule has 0 aliphatic rings. The fraction of sp³-hybridized carbons (Fsp3) is 0.385. The third-order valence-corrected chi connectivity index (χ3v) is 6.13. The number of hydrogen-bond donors (Lipinski definition) is 1. The number of rotatable bonds is 10. The Balaban J connectivity index is 2.02. The first-order valence-electron chi connectivity index (χ1n) is 11.8. The third-order valence-electron chi connectivity index (χ3n) is 5.88. The van der Waals surface area contributed by atoms with Gasteiger partial charge in [0.05, 0.1) is 19.6 Å². The van der Waals surface area contributed by atoms with Gasteiger partial charge in [-0.2, -0.15) is 4.98 Å². The van der Waals surface area contributed by atoms with Gasteiger partial charge in [-0.1, -0.05) is 30.7 Å². The number of benzene rings is 2. The van der Waals surface area contributed by atoms with Crippen LogP contribution in [0, 0.1) is 5.92 Å². The number of methoxy groups -OCH3 is 1. The Bertz CT molecular complexity index is 1300. The lowest BCUT2D eigenvalue weighted by Crippen LogP contribution is -2.44. The van der Waals surface area contributed by atoms with E-state index in [2.05, 4.69) is 36.0 Å². The van der Waals surface area contributed by atoms with E-state index >= 15 is 0 Å².